The quantitative estimate of drug-likeness (QED) is 0.660. The zero-order chi connectivity index (χ0) is 10.5. The minimum atomic E-state index is 0.890. The monoisotopic (exact) mass is 213 g/mol. The maximum absolute atomic E-state index is 4.28. The molecule has 0 unspecified atom stereocenters. The molecule has 1 nitrogen and oxygen atoms in total. The summed E-state index contributed by atoms with van der Waals surface area (Å²) < 4.78 is 0. The van der Waals surface area contributed by atoms with Crippen molar-refractivity contribution in [3.8, 4) is 22.4 Å². The molecule has 2 rings (SSSR count). The minimum absolute atomic E-state index is 0.890. The molecule has 0 bridgehead atoms. The van der Waals surface area contributed by atoms with Gasteiger partial charge in [-0.3, -0.25) is 0 Å². The average Bonchev–Trinajstić information content (AvgIpc) is 2.80. The first-order chi connectivity index (χ1) is 7.40. The molecule has 2 heteroatoms. The van der Waals surface area contributed by atoms with Crippen LogP contribution >= 0.6 is 11.3 Å². The number of hydrogen-bond donors (Lipinski definition) is 0. The SMILES string of the molecule is CCC#Cc1cccc(-c2nccs2)c1. The van der Waals surface area contributed by atoms with Gasteiger partial charge in [-0.25, -0.2) is 4.98 Å². The number of aromatic nitrogens is 1. The Labute approximate surface area is 93.8 Å². The molecule has 0 radical (unpaired) electrons. The van der Waals surface area contributed by atoms with Gasteiger partial charge in [0, 0.05) is 29.1 Å². The third-order valence-corrected chi connectivity index (χ3v) is 2.77. The van der Waals surface area contributed by atoms with Crippen LogP contribution in [-0.4, -0.2) is 4.98 Å². The normalized spacial score (nSPS) is 9.40. The Morgan fingerprint density at radius 3 is 3.07 bits per heavy atom. The Kier molecular flexibility index (Phi) is 3.16. The summed E-state index contributed by atoms with van der Waals surface area (Å²) in [6, 6.07) is 8.20. The molecule has 74 valence electrons. The van der Waals surface area contributed by atoms with Crippen LogP contribution in [-0.2, 0) is 0 Å². The van der Waals surface area contributed by atoms with Crippen molar-refractivity contribution < 1.29 is 0 Å². The molecule has 0 spiro atoms. The van der Waals surface area contributed by atoms with E-state index in [0.717, 1.165) is 22.6 Å². The molecule has 2 aromatic rings. The summed E-state index contributed by atoms with van der Waals surface area (Å²) >= 11 is 1.65. The molecule has 0 amide bonds. The summed E-state index contributed by atoms with van der Waals surface area (Å²) in [4.78, 5) is 4.28. The highest BCUT2D eigenvalue weighted by Gasteiger charge is 1.99. The molecular weight excluding hydrogens is 202 g/mol. The molecule has 1 aromatic carbocycles. The van der Waals surface area contributed by atoms with E-state index in [0.29, 0.717) is 0 Å². The molecule has 0 N–H and O–H groups in total. The van der Waals surface area contributed by atoms with Gasteiger partial charge in [0.25, 0.3) is 0 Å². The van der Waals surface area contributed by atoms with E-state index in [4.69, 9.17) is 0 Å². The first-order valence-electron chi connectivity index (χ1n) is 4.89. The molecule has 0 aliphatic carbocycles. The Hall–Kier alpha value is -1.59. The van der Waals surface area contributed by atoms with Crippen molar-refractivity contribution in [2.45, 2.75) is 13.3 Å². The van der Waals surface area contributed by atoms with E-state index in [-0.39, 0.29) is 0 Å². The van der Waals surface area contributed by atoms with E-state index in [2.05, 4.69) is 35.9 Å². The summed E-state index contributed by atoms with van der Waals surface area (Å²) in [7, 11) is 0. The summed E-state index contributed by atoms with van der Waals surface area (Å²) in [5.41, 5.74) is 2.21. The Morgan fingerprint density at radius 1 is 1.40 bits per heavy atom. The third-order valence-electron chi connectivity index (χ3n) is 1.95. The number of thiazole rings is 1. The minimum Gasteiger partial charge on any atom is -0.245 e. The standard InChI is InChI=1S/C13H11NS/c1-2-3-5-11-6-4-7-12(10-11)13-14-8-9-15-13/h4,6-10H,2H2,1H3. The van der Waals surface area contributed by atoms with Crippen LogP contribution in [0.1, 0.15) is 18.9 Å². The predicted octanol–water partition coefficient (Wildman–Crippen LogP) is 3.57. The highest BCUT2D eigenvalue weighted by molar-refractivity contribution is 7.13. The first-order valence-corrected chi connectivity index (χ1v) is 5.77. The topological polar surface area (TPSA) is 12.9 Å². The molecule has 0 saturated carbocycles. The largest absolute Gasteiger partial charge is 0.245 e. The van der Waals surface area contributed by atoms with E-state index < -0.39 is 0 Å². The molecule has 0 aliphatic heterocycles. The van der Waals surface area contributed by atoms with Crippen LogP contribution in [0.15, 0.2) is 35.8 Å². The smallest absolute Gasteiger partial charge is 0.123 e. The molecule has 1 heterocycles. The fourth-order valence-corrected chi connectivity index (χ4v) is 1.92. The fraction of sp³-hybridized carbons (Fsp3) is 0.154. The lowest BCUT2D eigenvalue weighted by Crippen LogP contribution is -1.78. The second kappa shape index (κ2) is 4.77. The zero-order valence-electron chi connectivity index (χ0n) is 8.53. The maximum atomic E-state index is 4.28. The molecule has 0 atom stereocenters. The average molecular weight is 213 g/mol. The van der Waals surface area contributed by atoms with Crippen molar-refractivity contribution in [1.29, 1.82) is 0 Å². The van der Waals surface area contributed by atoms with Gasteiger partial charge in [0.1, 0.15) is 5.01 Å². The second-order valence-electron chi connectivity index (χ2n) is 3.07. The van der Waals surface area contributed by atoms with Crippen LogP contribution < -0.4 is 0 Å². The third kappa shape index (κ3) is 2.45. The summed E-state index contributed by atoms with van der Waals surface area (Å²) in [5.74, 6) is 6.19. The number of rotatable bonds is 1. The Bertz CT molecular complexity index is 489. The second-order valence-corrected chi connectivity index (χ2v) is 3.97. The Balaban J connectivity index is 2.35. The van der Waals surface area contributed by atoms with Gasteiger partial charge in [-0.05, 0) is 12.1 Å². The maximum Gasteiger partial charge on any atom is 0.123 e. The van der Waals surface area contributed by atoms with Crippen LogP contribution in [0.3, 0.4) is 0 Å². The van der Waals surface area contributed by atoms with Gasteiger partial charge < -0.3 is 0 Å². The van der Waals surface area contributed by atoms with Crippen molar-refractivity contribution in [3.63, 3.8) is 0 Å². The number of hydrogen-bond acceptors (Lipinski definition) is 2. The van der Waals surface area contributed by atoms with Gasteiger partial charge in [0.2, 0.25) is 0 Å². The predicted molar refractivity (Wildman–Crippen MR) is 64.7 cm³/mol. The zero-order valence-corrected chi connectivity index (χ0v) is 9.34. The van der Waals surface area contributed by atoms with Crippen LogP contribution in [0, 0.1) is 11.8 Å². The van der Waals surface area contributed by atoms with E-state index in [1.165, 1.54) is 0 Å². The van der Waals surface area contributed by atoms with Gasteiger partial charge in [-0.15, -0.1) is 11.3 Å². The molecule has 1 aromatic heterocycles. The van der Waals surface area contributed by atoms with E-state index in [1.807, 2.05) is 23.7 Å². The molecular formula is C13H11NS. The summed E-state index contributed by atoms with van der Waals surface area (Å²) in [6.45, 7) is 2.05. The van der Waals surface area contributed by atoms with Crippen molar-refractivity contribution in [3.05, 3.63) is 41.4 Å². The lowest BCUT2D eigenvalue weighted by molar-refractivity contribution is 1.28. The Morgan fingerprint density at radius 2 is 2.33 bits per heavy atom. The number of benzene rings is 1. The number of nitrogens with zero attached hydrogens (tertiary/aromatic N) is 1. The first kappa shape index (κ1) is 9.95. The summed E-state index contributed by atoms with van der Waals surface area (Å²) in [5, 5.41) is 3.04. The van der Waals surface area contributed by atoms with Crippen molar-refractivity contribution in [2.24, 2.45) is 0 Å². The molecule has 0 fully saturated rings. The lowest BCUT2D eigenvalue weighted by Gasteiger charge is -1.96. The van der Waals surface area contributed by atoms with Crippen LogP contribution in [0.2, 0.25) is 0 Å². The van der Waals surface area contributed by atoms with E-state index in [1.54, 1.807) is 11.3 Å². The van der Waals surface area contributed by atoms with Gasteiger partial charge in [-0.1, -0.05) is 30.9 Å². The van der Waals surface area contributed by atoms with Gasteiger partial charge >= 0.3 is 0 Å². The van der Waals surface area contributed by atoms with Crippen molar-refractivity contribution in [2.75, 3.05) is 0 Å². The van der Waals surface area contributed by atoms with Crippen molar-refractivity contribution in [1.82, 2.24) is 4.98 Å². The van der Waals surface area contributed by atoms with E-state index in [9.17, 15) is 0 Å². The van der Waals surface area contributed by atoms with Crippen LogP contribution in [0.5, 0.6) is 0 Å². The highest BCUT2D eigenvalue weighted by atomic mass is 32.1. The van der Waals surface area contributed by atoms with Crippen molar-refractivity contribution >= 4 is 11.3 Å². The van der Waals surface area contributed by atoms with E-state index >= 15 is 0 Å². The molecule has 0 aliphatic rings. The van der Waals surface area contributed by atoms with Crippen LogP contribution in [0.25, 0.3) is 10.6 Å². The van der Waals surface area contributed by atoms with Crippen LogP contribution in [0.4, 0.5) is 0 Å². The fourth-order valence-electron chi connectivity index (χ4n) is 1.29. The lowest BCUT2D eigenvalue weighted by atomic mass is 10.1. The highest BCUT2D eigenvalue weighted by Crippen LogP contribution is 2.22. The van der Waals surface area contributed by atoms with Gasteiger partial charge in [0.05, 0.1) is 0 Å². The van der Waals surface area contributed by atoms with Gasteiger partial charge in [-0.2, -0.15) is 0 Å². The molecule has 15 heavy (non-hydrogen) atoms. The molecule has 0 saturated heterocycles. The van der Waals surface area contributed by atoms with Gasteiger partial charge in [0.15, 0.2) is 0 Å². The summed E-state index contributed by atoms with van der Waals surface area (Å²) in [6.07, 6.45) is 2.71.